The molecule has 0 aliphatic heterocycles. The van der Waals surface area contributed by atoms with Gasteiger partial charge in [-0.05, 0) is 37.0 Å². The minimum Gasteiger partial charge on any atom is -0.388 e. The van der Waals surface area contributed by atoms with Crippen molar-refractivity contribution in [1.29, 1.82) is 0 Å². The maximum Gasteiger partial charge on any atom is 0.254 e. The zero-order valence-corrected chi connectivity index (χ0v) is 12.2. The second kappa shape index (κ2) is 6.10. The Bertz CT molecular complexity index is 509. The van der Waals surface area contributed by atoms with Crippen molar-refractivity contribution in [2.24, 2.45) is 5.92 Å². The molecule has 1 aromatic rings. The number of halogens is 2. The number of rotatable bonds is 3. The van der Waals surface area contributed by atoms with Crippen molar-refractivity contribution >= 4 is 17.5 Å². The minimum absolute atomic E-state index is 0.0538. The summed E-state index contributed by atoms with van der Waals surface area (Å²) in [7, 11) is 0. The van der Waals surface area contributed by atoms with Crippen LogP contribution in [-0.2, 0) is 0 Å². The van der Waals surface area contributed by atoms with Crippen molar-refractivity contribution in [2.45, 2.75) is 38.2 Å². The van der Waals surface area contributed by atoms with Gasteiger partial charge in [0.2, 0.25) is 0 Å². The lowest BCUT2D eigenvalue weighted by atomic mass is 9.79. The first-order valence-corrected chi connectivity index (χ1v) is 7.23. The van der Waals surface area contributed by atoms with Gasteiger partial charge in [-0.3, -0.25) is 4.79 Å². The van der Waals surface area contributed by atoms with E-state index in [0.717, 1.165) is 18.9 Å². The summed E-state index contributed by atoms with van der Waals surface area (Å²) in [5, 5.41) is 13.3. The number of carbonyl (C=O) groups is 1. The molecule has 1 saturated carbocycles. The number of hydrogen-bond acceptors (Lipinski definition) is 2. The summed E-state index contributed by atoms with van der Waals surface area (Å²) in [4.78, 5) is 11.9. The highest BCUT2D eigenvalue weighted by Crippen LogP contribution is 2.31. The van der Waals surface area contributed by atoms with Crippen LogP contribution in [0.4, 0.5) is 4.39 Å². The Kier molecular flexibility index (Phi) is 4.66. The molecule has 5 heteroatoms. The number of amides is 1. The first-order chi connectivity index (χ1) is 9.39. The van der Waals surface area contributed by atoms with Crippen LogP contribution in [0.2, 0.25) is 5.02 Å². The standard InChI is InChI=1S/C15H19ClFNO2/c1-10-3-2-6-15(20,8-10)9-18-14(19)12-5-4-11(16)7-13(12)17/h4-5,7,10,20H,2-3,6,8-9H2,1H3,(H,18,19). The quantitative estimate of drug-likeness (QED) is 0.901. The molecule has 2 rings (SSSR count). The third kappa shape index (κ3) is 3.70. The predicted octanol–water partition coefficient (Wildman–Crippen LogP) is 3.15. The number of hydrogen-bond donors (Lipinski definition) is 2. The Balaban J connectivity index is 1.98. The van der Waals surface area contributed by atoms with Crippen LogP contribution in [0, 0.1) is 11.7 Å². The molecular weight excluding hydrogens is 281 g/mol. The van der Waals surface area contributed by atoms with E-state index >= 15 is 0 Å². The largest absolute Gasteiger partial charge is 0.388 e. The van der Waals surface area contributed by atoms with Gasteiger partial charge in [-0.15, -0.1) is 0 Å². The molecule has 110 valence electrons. The van der Waals surface area contributed by atoms with Gasteiger partial charge in [0.1, 0.15) is 5.82 Å². The number of benzene rings is 1. The first kappa shape index (κ1) is 15.3. The monoisotopic (exact) mass is 299 g/mol. The van der Waals surface area contributed by atoms with Gasteiger partial charge in [-0.2, -0.15) is 0 Å². The molecule has 0 heterocycles. The van der Waals surface area contributed by atoms with E-state index in [0.29, 0.717) is 18.8 Å². The average Bonchev–Trinajstić information content (AvgIpc) is 2.36. The van der Waals surface area contributed by atoms with E-state index in [1.54, 1.807) is 0 Å². The van der Waals surface area contributed by atoms with E-state index < -0.39 is 17.3 Å². The Morgan fingerprint density at radius 1 is 1.60 bits per heavy atom. The maximum atomic E-state index is 13.6. The third-order valence-electron chi connectivity index (χ3n) is 3.82. The average molecular weight is 300 g/mol. The predicted molar refractivity (Wildman–Crippen MR) is 76.3 cm³/mol. The summed E-state index contributed by atoms with van der Waals surface area (Å²) < 4.78 is 13.6. The summed E-state index contributed by atoms with van der Waals surface area (Å²) in [6, 6.07) is 3.92. The van der Waals surface area contributed by atoms with Gasteiger partial charge in [0, 0.05) is 11.6 Å². The molecule has 2 unspecified atom stereocenters. The topological polar surface area (TPSA) is 49.3 Å². The van der Waals surface area contributed by atoms with Crippen molar-refractivity contribution in [2.75, 3.05) is 6.54 Å². The van der Waals surface area contributed by atoms with Crippen molar-refractivity contribution in [3.63, 3.8) is 0 Å². The van der Waals surface area contributed by atoms with Gasteiger partial charge in [0.05, 0.1) is 11.2 Å². The van der Waals surface area contributed by atoms with Crippen LogP contribution < -0.4 is 5.32 Å². The second-order valence-electron chi connectivity index (χ2n) is 5.73. The molecule has 0 spiro atoms. The van der Waals surface area contributed by atoms with Crippen LogP contribution in [0.5, 0.6) is 0 Å². The summed E-state index contributed by atoms with van der Waals surface area (Å²) >= 11 is 5.65. The fourth-order valence-corrected chi connectivity index (χ4v) is 2.97. The zero-order chi connectivity index (χ0) is 14.8. The Labute approximate surface area is 123 Å². The molecule has 2 atom stereocenters. The lowest BCUT2D eigenvalue weighted by Gasteiger charge is -2.35. The number of aliphatic hydroxyl groups is 1. The second-order valence-corrected chi connectivity index (χ2v) is 6.17. The molecule has 1 aliphatic carbocycles. The SMILES string of the molecule is CC1CCCC(O)(CNC(=O)c2ccc(Cl)cc2F)C1. The minimum atomic E-state index is -0.879. The van der Waals surface area contributed by atoms with Gasteiger partial charge >= 0.3 is 0 Å². The Hall–Kier alpha value is -1.13. The smallest absolute Gasteiger partial charge is 0.254 e. The van der Waals surface area contributed by atoms with Crippen LogP contribution in [0.25, 0.3) is 0 Å². The molecule has 0 radical (unpaired) electrons. The van der Waals surface area contributed by atoms with Crippen molar-refractivity contribution < 1.29 is 14.3 Å². The molecular formula is C15H19ClFNO2. The molecule has 2 N–H and O–H groups in total. The molecule has 0 aromatic heterocycles. The van der Waals surface area contributed by atoms with E-state index in [1.807, 2.05) is 0 Å². The zero-order valence-electron chi connectivity index (χ0n) is 11.5. The van der Waals surface area contributed by atoms with Gasteiger partial charge in [-0.1, -0.05) is 31.4 Å². The highest BCUT2D eigenvalue weighted by molar-refractivity contribution is 6.30. The fraction of sp³-hybridized carbons (Fsp3) is 0.533. The summed E-state index contributed by atoms with van der Waals surface area (Å²) in [6.07, 6.45) is 3.38. The molecule has 1 aliphatic rings. The lowest BCUT2D eigenvalue weighted by Crippen LogP contribution is -2.45. The van der Waals surface area contributed by atoms with Crippen LogP contribution in [0.15, 0.2) is 18.2 Å². The molecule has 20 heavy (non-hydrogen) atoms. The van der Waals surface area contributed by atoms with Gasteiger partial charge < -0.3 is 10.4 Å². The Morgan fingerprint density at radius 2 is 2.35 bits per heavy atom. The molecule has 0 saturated heterocycles. The molecule has 1 fully saturated rings. The first-order valence-electron chi connectivity index (χ1n) is 6.85. The molecule has 1 amide bonds. The van der Waals surface area contributed by atoms with Crippen molar-refractivity contribution in [3.8, 4) is 0 Å². The lowest BCUT2D eigenvalue weighted by molar-refractivity contribution is -0.0109. The summed E-state index contributed by atoms with van der Waals surface area (Å²) in [6.45, 7) is 2.24. The van der Waals surface area contributed by atoms with Crippen LogP contribution >= 0.6 is 11.6 Å². The van der Waals surface area contributed by atoms with Gasteiger partial charge in [0.25, 0.3) is 5.91 Å². The fourth-order valence-electron chi connectivity index (χ4n) is 2.81. The van der Waals surface area contributed by atoms with Crippen LogP contribution in [-0.4, -0.2) is 23.2 Å². The van der Waals surface area contributed by atoms with E-state index in [9.17, 15) is 14.3 Å². The molecule has 3 nitrogen and oxygen atoms in total. The van der Waals surface area contributed by atoms with Crippen molar-refractivity contribution in [3.05, 3.63) is 34.6 Å². The van der Waals surface area contributed by atoms with E-state index in [1.165, 1.54) is 12.1 Å². The van der Waals surface area contributed by atoms with E-state index in [2.05, 4.69) is 12.2 Å². The van der Waals surface area contributed by atoms with E-state index in [-0.39, 0.29) is 17.1 Å². The highest BCUT2D eigenvalue weighted by atomic mass is 35.5. The van der Waals surface area contributed by atoms with Gasteiger partial charge in [0.15, 0.2) is 0 Å². The summed E-state index contributed by atoms with van der Waals surface area (Å²) in [5.41, 5.74) is -0.933. The molecule has 1 aromatic carbocycles. The van der Waals surface area contributed by atoms with Crippen LogP contribution in [0.3, 0.4) is 0 Å². The Morgan fingerprint density at radius 3 is 3.00 bits per heavy atom. The highest BCUT2D eigenvalue weighted by Gasteiger charge is 2.33. The molecule has 0 bridgehead atoms. The summed E-state index contributed by atoms with van der Waals surface area (Å²) in [5.74, 6) is -0.734. The number of nitrogens with one attached hydrogen (secondary N) is 1. The maximum absolute atomic E-state index is 13.6. The van der Waals surface area contributed by atoms with Crippen LogP contribution in [0.1, 0.15) is 43.0 Å². The third-order valence-corrected chi connectivity index (χ3v) is 4.06. The number of carbonyl (C=O) groups excluding carboxylic acids is 1. The van der Waals surface area contributed by atoms with E-state index in [4.69, 9.17) is 11.6 Å². The normalized spacial score (nSPS) is 26.3. The van der Waals surface area contributed by atoms with Crippen molar-refractivity contribution in [1.82, 2.24) is 5.32 Å². The van der Waals surface area contributed by atoms with Gasteiger partial charge in [-0.25, -0.2) is 4.39 Å².